The number of ether oxygens (including phenoxy) is 4. The third-order valence-electron chi connectivity index (χ3n) is 8.91. The molecule has 4 heterocycles. The van der Waals surface area contributed by atoms with Gasteiger partial charge in [-0.15, -0.1) is 0 Å². The van der Waals surface area contributed by atoms with Crippen molar-refractivity contribution in [1.29, 1.82) is 0 Å². The molecule has 2 N–H and O–H groups in total. The van der Waals surface area contributed by atoms with E-state index in [-0.39, 0.29) is 19.5 Å². The molecule has 6 rings (SSSR count). The van der Waals surface area contributed by atoms with Gasteiger partial charge in [-0.1, -0.05) is 79.2 Å². The van der Waals surface area contributed by atoms with Crippen LogP contribution >= 0.6 is 0 Å². The van der Waals surface area contributed by atoms with E-state index >= 15 is 0 Å². The smallest absolute Gasteiger partial charge is 0.327 e. The van der Waals surface area contributed by atoms with Gasteiger partial charge in [-0.3, -0.25) is 9.97 Å². The Hall–Kier alpha value is -5.72. The molecule has 55 heavy (non-hydrogen) atoms. The molecule has 0 radical (unpaired) electrons. The zero-order valence-corrected chi connectivity index (χ0v) is 30.8. The molecule has 0 amide bonds. The number of carbonyl (C=O) groups is 2. The van der Waals surface area contributed by atoms with Gasteiger partial charge in [-0.2, -0.15) is 0 Å². The third-order valence-corrected chi connectivity index (χ3v) is 8.91. The van der Waals surface area contributed by atoms with Crippen LogP contribution in [0.25, 0.3) is 0 Å². The monoisotopic (exact) mass is 752 g/mol. The number of benzene rings is 2. The zero-order chi connectivity index (χ0) is 38.1. The van der Waals surface area contributed by atoms with E-state index in [2.05, 4.69) is 82.1 Å². The number of aromatic nitrogens is 2. The molecular weight excluding hydrogens is 700 g/mol. The summed E-state index contributed by atoms with van der Waals surface area (Å²) in [4.78, 5) is 34.4. The van der Waals surface area contributed by atoms with Gasteiger partial charge >= 0.3 is 11.9 Å². The molecule has 0 aliphatic carbocycles. The summed E-state index contributed by atoms with van der Waals surface area (Å²) in [7, 11) is 0. The van der Waals surface area contributed by atoms with E-state index in [4.69, 9.17) is 29.2 Å². The summed E-state index contributed by atoms with van der Waals surface area (Å²) in [5.74, 6) is -0.461. The van der Waals surface area contributed by atoms with Gasteiger partial charge in [0.25, 0.3) is 0 Å². The van der Waals surface area contributed by atoms with Gasteiger partial charge in [0.1, 0.15) is 24.7 Å². The molecule has 0 spiro atoms. The highest BCUT2D eigenvalue weighted by molar-refractivity contribution is 5.80. The molecule has 2 aromatic carbocycles. The highest BCUT2D eigenvalue weighted by Gasteiger charge is 2.24. The molecule has 2 fully saturated rings. The van der Waals surface area contributed by atoms with Crippen LogP contribution in [0.3, 0.4) is 0 Å². The lowest BCUT2D eigenvalue weighted by molar-refractivity contribution is -0.132. The number of rotatable bonds is 14. The van der Waals surface area contributed by atoms with Crippen LogP contribution in [-0.4, -0.2) is 83.7 Å². The summed E-state index contributed by atoms with van der Waals surface area (Å²) in [5.41, 5.74) is 6.56. The van der Waals surface area contributed by atoms with Crippen LogP contribution in [0.2, 0.25) is 0 Å². The molecule has 0 bridgehead atoms. The Kier molecular flexibility index (Phi) is 16.7. The van der Waals surface area contributed by atoms with Crippen molar-refractivity contribution in [2.75, 3.05) is 49.3 Å². The minimum Gasteiger partial charge on any atom is -0.487 e. The molecule has 0 saturated carbocycles. The molecule has 2 atom stereocenters. The summed E-state index contributed by atoms with van der Waals surface area (Å²) < 4.78 is 22.9. The minimum atomic E-state index is -0.938. The second-order valence-electron chi connectivity index (χ2n) is 13.1. The van der Waals surface area contributed by atoms with Crippen molar-refractivity contribution in [1.82, 2.24) is 9.97 Å². The van der Waals surface area contributed by atoms with Crippen molar-refractivity contribution >= 4 is 23.3 Å². The molecule has 2 aromatic heterocycles. The van der Waals surface area contributed by atoms with Crippen LogP contribution in [-0.2, 0) is 32.3 Å². The van der Waals surface area contributed by atoms with E-state index in [1.807, 2.05) is 12.1 Å². The molecule has 2 aliphatic heterocycles. The van der Waals surface area contributed by atoms with Crippen molar-refractivity contribution in [2.24, 2.45) is 0 Å². The number of hydrogen-bond donors (Lipinski definition) is 2. The first-order valence-corrected chi connectivity index (χ1v) is 18.0. The molecule has 2 saturated heterocycles. The fourth-order valence-corrected chi connectivity index (χ4v) is 6.02. The number of carboxylic acids is 2. The number of anilines is 2. The maximum absolute atomic E-state index is 10.7. The number of pyridine rings is 2. The Morgan fingerprint density at radius 3 is 1.47 bits per heavy atom. The number of aliphatic carboxylic acids is 2. The lowest BCUT2D eigenvalue weighted by Crippen LogP contribution is -2.45. The highest BCUT2D eigenvalue weighted by Crippen LogP contribution is 2.27. The van der Waals surface area contributed by atoms with Gasteiger partial charge < -0.3 is 39.0 Å². The normalized spacial score (nSPS) is 16.9. The summed E-state index contributed by atoms with van der Waals surface area (Å²) in [6.45, 7) is 8.92. The van der Waals surface area contributed by atoms with Gasteiger partial charge in [0.05, 0.1) is 74.7 Å². The second-order valence-corrected chi connectivity index (χ2v) is 13.1. The lowest BCUT2D eigenvalue weighted by Gasteiger charge is -2.36. The van der Waals surface area contributed by atoms with Crippen molar-refractivity contribution in [3.8, 4) is 11.5 Å². The number of nitrogens with zero attached hydrogens (tertiary/aromatic N) is 4. The Morgan fingerprint density at radius 2 is 1.09 bits per heavy atom. The Morgan fingerprint density at radius 1 is 0.691 bits per heavy atom. The van der Waals surface area contributed by atoms with Crippen LogP contribution in [0.15, 0.2) is 110 Å². The first-order valence-electron chi connectivity index (χ1n) is 18.0. The van der Waals surface area contributed by atoms with Gasteiger partial charge in [0.15, 0.2) is 0 Å². The molecule has 12 heteroatoms. The first kappa shape index (κ1) is 42.0. The summed E-state index contributed by atoms with van der Waals surface area (Å²) >= 11 is 0. The van der Waals surface area contributed by atoms with Gasteiger partial charge in [0.2, 0.25) is 0 Å². The van der Waals surface area contributed by atoms with Gasteiger partial charge in [-0.05, 0) is 37.8 Å². The standard InChI is InChI=1S/2C21H24N2O4.CH4/c2*1-16-5-7-17(8-6-16)14-27-20-11-19(12-22-13-20)23-9-10-26-15-18(23)3-2-4-21(24)25;/h2*2,4-8,11-13,18H,3,9-10,14-15H2,1H3,(H,24,25);1H4/b2*4-2+;. The maximum atomic E-state index is 10.7. The molecule has 12 nitrogen and oxygen atoms in total. The van der Waals surface area contributed by atoms with Crippen molar-refractivity contribution in [3.05, 3.63) is 132 Å². The van der Waals surface area contributed by atoms with Gasteiger partial charge in [-0.25, -0.2) is 9.59 Å². The minimum absolute atomic E-state index is 0. The van der Waals surface area contributed by atoms with Crippen LogP contribution in [0.4, 0.5) is 11.4 Å². The topological polar surface area (TPSA) is 144 Å². The van der Waals surface area contributed by atoms with Gasteiger partial charge in [0, 0.05) is 37.4 Å². The van der Waals surface area contributed by atoms with E-state index < -0.39 is 11.9 Å². The summed E-state index contributed by atoms with van der Waals surface area (Å²) in [6.07, 6.45) is 13.9. The number of morpholine rings is 2. The molecule has 4 aromatic rings. The maximum Gasteiger partial charge on any atom is 0.327 e. The quantitative estimate of drug-likeness (QED) is 0.128. The second kappa shape index (κ2) is 21.9. The van der Waals surface area contributed by atoms with Crippen LogP contribution < -0.4 is 19.3 Å². The molecule has 292 valence electrons. The first-order chi connectivity index (χ1) is 26.2. The average molecular weight is 753 g/mol. The average Bonchev–Trinajstić information content (AvgIpc) is 3.18. The van der Waals surface area contributed by atoms with E-state index in [0.717, 1.165) is 35.6 Å². The Balaban J connectivity index is 0.000000240. The predicted molar refractivity (Wildman–Crippen MR) is 213 cm³/mol. The van der Waals surface area contributed by atoms with Crippen molar-refractivity contribution in [3.63, 3.8) is 0 Å². The Bertz CT molecular complexity index is 1710. The third kappa shape index (κ3) is 13.9. The Labute approximate surface area is 323 Å². The zero-order valence-electron chi connectivity index (χ0n) is 30.8. The van der Waals surface area contributed by atoms with Crippen LogP contribution in [0.5, 0.6) is 11.5 Å². The van der Waals surface area contributed by atoms with Crippen molar-refractivity contribution in [2.45, 2.75) is 59.4 Å². The fraction of sp³-hybridized carbons (Fsp3) is 0.349. The van der Waals surface area contributed by atoms with Crippen molar-refractivity contribution < 1.29 is 38.7 Å². The van der Waals surface area contributed by atoms with E-state index in [0.29, 0.717) is 64.0 Å². The SMILES string of the molecule is C.Cc1ccc(COc2cncc(N3CCOCC3C/C=C/C(=O)O)c2)cc1.Cc1ccc(COc2cncc(N3CCOCC3C/C=C/C(=O)O)c2)cc1. The van der Waals surface area contributed by atoms with E-state index in [1.165, 1.54) is 23.3 Å². The summed E-state index contributed by atoms with van der Waals surface area (Å²) in [6, 6.07) is 20.6. The summed E-state index contributed by atoms with van der Waals surface area (Å²) in [5, 5.41) is 17.5. The molecular formula is C43H52N4O8. The molecule has 2 unspecified atom stereocenters. The number of aryl methyl sites for hydroxylation is 2. The lowest BCUT2D eigenvalue weighted by atomic mass is 10.1. The van der Waals surface area contributed by atoms with Crippen LogP contribution in [0, 0.1) is 13.8 Å². The van der Waals surface area contributed by atoms with Crippen LogP contribution in [0.1, 0.15) is 42.5 Å². The fourth-order valence-electron chi connectivity index (χ4n) is 6.02. The largest absolute Gasteiger partial charge is 0.487 e. The van der Waals surface area contributed by atoms with E-state index in [9.17, 15) is 9.59 Å². The van der Waals surface area contributed by atoms with E-state index in [1.54, 1.807) is 36.9 Å². The highest BCUT2D eigenvalue weighted by atomic mass is 16.5. The number of hydrogen-bond acceptors (Lipinski definition) is 10. The number of carboxylic acid groups (broad SMARTS) is 2. The molecule has 2 aliphatic rings. The predicted octanol–water partition coefficient (Wildman–Crippen LogP) is 7.05.